The monoisotopic (exact) mass is 468 g/mol. The minimum atomic E-state index is -2.73. The standard InChI is InChI=1S/C24H38F2N4O3/c1-2-33-22(32)29-12-7-23(16-29)14-19(15-23)27-10-5-18(6-11-27)20-4-3-9-30(20)21(31)28-13-8-24(25,26)17-28/h18-20H,2-17H2,1H3. The largest absolute Gasteiger partial charge is 0.450 e. The van der Waals surface area contributed by atoms with E-state index >= 15 is 0 Å². The minimum Gasteiger partial charge on any atom is -0.450 e. The van der Waals surface area contributed by atoms with Crippen LogP contribution in [-0.2, 0) is 4.74 Å². The van der Waals surface area contributed by atoms with Gasteiger partial charge in [-0.1, -0.05) is 0 Å². The van der Waals surface area contributed by atoms with Crippen LogP contribution in [0.4, 0.5) is 18.4 Å². The lowest BCUT2D eigenvalue weighted by Gasteiger charge is -2.52. The van der Waals surface area contributed by atoms with E-state index in [9.17, 15) is 18.4 Å². The predicted octanol–water partition coefficient (Wildman–Crippen LogP) is 3.63. The van der Waals surface area contributed by atoms with E-state index in [2.05, 4.69) is 4.90 Å². The molecular weight excluding hydrogens is 430 g/mol. The van der Waals surface area contributed by atoms with E-state index in [0.717, 1.165) is 71.1 Å². The summed E-state index contributed by atoms with van der Waals surface area (Å²) in [6.07, 6.45) is 7.12. The molecular formula is C24H38F2N4O3. The molecule has 33 heavy (non-hydrogen) atoms. The third kappa shape index (κ3) is 4.54. The molecule has 0 aromatic carbocycles. The van der Waals surface area contributed by atoms with Crippen molar-refractivity contribution in [3.8, 4) is 0 Å². The molecule has 9 heteroatoms. The number of urea groups is 1. The van der Waals surface area contributed by atoms with E-state index in [4.69, 9.17) is 4.74 Å². The van der Waals surface area contributed by atoms with E-state index in [1.54, 1.807) is 0 Å². The highest BCUT2D eigenvalue weighted by atomic mass is 19.3. The van der Waals surface area contributed by atoms with Gasteiger partial charge in [-0.05, 0) is 76.3 Å². The van der Waals surface area contributed by atoms with Gasteiger partial charge in [0.05, 0.1) is 13.2 Å². The summed E-state index contributed by atoms with van der Waals surface area (Å²) in [5, 5.41) is 0. The molecule has 4 aliphatic heterocycles. The second-order valence-electron chi connectivity index (χ2n) is 11.0. The molecule has 1 atom stereocenters. The average Bonchev–Trinajstić information content (AvgIpc) is 3.50. The molecule has 3 amide bonds. The molecule has 5 rings (SSSR count). The maximum Gasteiger partial charge on any atom is 0.409 e. The van der Waals surface area contributed by atoms with Gasteiger partial charge in [-0.2, -0.15) is 0 Å². The Kier molecular flexibility index (Phi) is 6.20. The van der Waals surface area contributed by atoms with Crippen molar-refractivity contribution in [3.05, 3.63) is 0 Å². The van der Waals surface area contributed by atoms with Gasteiger partial charge in [0.1, 0.15) is 0 Å². The summed E-state index contributed by atoms with van der Waals surface area (Å²) in [5.74, 6) is -2.26. The molecule has 5 aliphatic rings. The number of likely N-dealkylation sites (tertiary alicyclic amines) is 4. The quantitative estimate of drug-likeness (QED) is 0.635. The fourth-order valence-corrected chi connectivity index (χ4v) is 7.11. The van der Waals surface area contributed by atoms with Gasteiger partial charge in [0.25, 0.3) is 5.92 Å². The third-order valence-corrected chi connectivity index (χ3v) is 8.92. The Bertz CT molecular complexity index is 752. The lowest BCUT2D eigenvalue weighted by Crippen LogP contribution is -2.55. The fourth-order valence-electron chi connectivity index (χ4n) is 7.11. The van der Waals surface area contributed by atoms with Crippen LogP contribution >= 0.6 is 0 Å². The highest BCUT2D eigenvalue weighted by molar-refractivity contribution is 5.75. The van der Waals surface area contributed by atoms with Crippen molar-refractivity contribution in [1.82, 2.24) is 19.6 Å². The van der Waals surface area contributed by atoms with Crippen molar-refractivity contribution in [1.29, 1.82) is 0 Å². The summed E-state index contributed by atoms with van der Waals surface area (Å²) in [6, 6.07) is 0.626. The molecule has 4 heterocycles. The molecule has 4 saturated heterocycles. The summed E-state index contributed by atoms with van der Waals surface area (Å²) in [6.45, 7) is 6.45. The van der Waals surface area contributed by atoms with Crippen LogP contribution in [0.15, 0.2) is 0 Å². The number of hydrogen-bond acceptors (Lipinski definition) is 4. The summed E-state index contributed by atoms with van der Waals surface area (Å²) in [7, 11) is 0. The zero-order valence-electron chi connectivity index (χ0n) is 19.8. The molecule has 5 fully saturated rings. The first-order chi connectivity index (χ1) is 15.8. The Hall–Kier alpha value is -1.64. The Morgan fingerprint density at radius 1 is 0.939 bits per heavy atom. The number of ether oxygens (including phenoxy) is 1. The Morgan fingerprint density at radius 3 is 2.33 bits per heavy atom. The van der Waals surface area contributed by atoms with Crippen LogP contribution in [0.2, 0.25) is 0 Å². The van der Waals surface area contributed by atoms with Crippen molar-refractivity contribution in [2.75, 3.05) is 52.4 Å². The number of alkyl halides is 2. The Morgan fingerprint density at radius 2 is 1.67 bits per heavy atom. The fraction of sp³-hybridized carbons (Fsp3) is 0.917. The van der Waals surface area contributed by atoms with Gasteiger partial charge in [-0.3, -0.25) is 0 Å². The summed E-state index contributed by atoms with van der Waals surface area (Å²) in [5.41, 5.74) is 0.279. The smallest absolute Gasteiger partial charge is 0.409 e. The number of carbonyl (C=O) groups is 2. The maximum absolute atomic E-state index is 13.6. The summed E-state index contributed by atoms with van der Waals surface area (Å²) >= 11 is 0. The summed E-state index contributed by atoms with van der Waals surface area (Å²) in [4.78, 5) is 32.7. The zero-order chi connectivity index (χ0) is 23.2. The number of carbonyl (C=O) groups excluding carboxylic acids is 2. The van der Waals surface area contributed by atoms with E-state index < -0.39 is 12.5 Å². The van der Waals surface area contributed by atoms with E-state index in [0.29, 0.717) is 25.1 Å². The number of hydrogen-bond donors (Lipinski definition) is 0. The van der Waals surface area contributed by atoms with Crippen molar-refractivity contribution in [2.45, 2.75) is 76.3 Å². The van der Waals surface area contributed by atoms with E-state index in [1.165, 1.54) is 4.90 Å². The molecule has 186 valence electrons. The number of rotatable bonds is 3. The van der Waals surface area contributed by atoms with Crippen LogP contribution in [0.3, 0.4) is 0 Å². The lowest BCUT2D eigenvalue weighted by atomic mass is 9.64. The predicted molar refractivity (Wildman–Crippen MR) is 119 cm³/mol. The molecule has 0 radical (unpaired) electrons. The van der Waals surface area contributed by atoms with Gasteiger partial charge >= 0.3 is 12.1 Å². The molecule has 1 spiro atoms. The third-order valence-electron chi connectivity index (χ3n) is 8.92. The lowest BCUT2D eigenvalue weighted by molar-refractivity contribution is -0.0153. The van der Waals surface area contributed by atoms with Crippen LogP contribution in [-0.4, -0.2) is 102 Å². The highest BCUT2D eigenvalue weighted by Crippen LogP contribution is 2.51. The van der Waals surface area contributed by atoms with E-state index in [1.807, 2.05) is 16.7 Å². The number of nitrogens with zero attached hydrogens (tertiary/aromatic N) is 4. The first kappa shape index (κ1) is 23.1. The van der Waals surface area contributed by atoms with Gasteiger partial charge < -0.3 is 24.3 Å². The van der Waals surface area contributed by atoms with Gasteiger partial charge in [0.15, 0.2) is 0 Å². The second kappa shape index (κ2) is 8.86. The van der Waals surface area contributed by atoms with E-state index in [-0.39, 0.29) is 36.5 Å². The molecule has 1 aliphatic carbocycles. The first-order valence-corrected chi connectivity index (χ1v) is 12.9. The molecule has 0 aromatic rings. The Balaban J connectivity index is 1.09. The van der Waals surface area contributed by atoms with Crippen molar-refractivity contribution < 1.29 is 23.1 Å². The van der Waals surface area contributed by atoms with Crippen molar-refractivity contribution >= 4 is 12.1 Å². The SMILES string of the molecule is CCOC(=O)N1CCC2(CC(N3CCC(C4CCCN4C(=O)N4CCC(F)(F)C4)CC3)C2)C1. The first-order valence-electron chi connectivity index (χ1n) is 12.9. The number of amides is 3. The molecule has 0 aromatic heterocycles. The van der Waals surface area contributed by atoms with Gasteiger partial charge in [0.2, 0.25) is 0 Å². The molecule has 1 saturated carbocycles. The average molecular weight is 469 g/mol. The molecule has 1 unspecified atom stereocenters. The Labute approximate surface area is 195 Å². The van der Waals surface area contributed by atoms with Crippen molar-refractivity contribution in [2.24, 2.45) is 11.3 Å². The van der Waals surface area contributed by atoms with Gasteiger partial charge in [0, 0.05) is 44.7 Å². The zero-order valence-corrected chi connectivity index (χ0v) is 19.8. The minimum absolute atomic E-state index is 0.171. The molecule has 7 nitrogen and oxygen atoms in total. The van der Waals surface area contributed by atoms with Crippen LogP contribution in [0, 0.1) is 11.3 Å². The van der Waals surface area contributed by atoms with Gasteiger partial charge in [-0.15, -0.1) is 0 Å². The molecule has 0 bridgehead atoms. The topological polar surface area (TPSA) is 56.3 Å². The van der Waals surface area contributed by atoms with Crippen LogP contribution in [0.1, 0.15) is 58.3 Å². The second-order valence-corrected chi connectivity index (χ2v) is 11.0. The number of halogens is 2. The highest BCUT2D eigenvalue weighted by Gasteiger charge is 2.52. The normalized spacial score (nSPS) is 34.8. The van der Waals surface area contributed by atoms with Crippen LogP contribution in [0.25, 0.3) is 0 Å². The van der Waals surface area contributed by atoms with Crippen LogP contribution < -0.4 is 0 Å². The summed E-state index contributed by atoms with van der Waals surface area (Å²) < 4.78 is 32.4. The van der Waals surface area contributed by atoms with Gasteiger partial charge in [-0.25, -0.2) is 18.4 Å². The van der Waals surface area contributed by atoms with Crippen LogP contribution in [0.5, 0.6) is 0 Å². The maximum atomic E-state index is 13.6. The molecule has 0 N–H and O–H groups in total. The van der Waals surface area contributed by atoms with Crippen molar-refractivity contribution in [3.63, 3.8) is 0 Å². The number of piperidine rings is 1.